The summed E-state index contributed by atoms with van der Waals surface area (Å²) in [6, 6.07) is 0.253. The highest BCUT2D eigenvalue weighted by molar-refractivity contribution is 5.80. The van der Waals surface area contributed by atoms with E-state index in [1.54, 1.807) is 0 Å². The molecule has 0 aromatic rings. The van der Waals surface area contributed by atoms with Crippen molar-refractivity contribution in [3.05, 3.63) is 0 Å². The van der Waals surface area contributed by atoms with Crippen LogP contribution in [0.5, 0.6) is 0 Å². The number of rotatable bonds is 4. The summed E-state index contributed by atoms with van der Waals surface area (Å²) in [4.78, 5) is 10.9. The van der Waals surface area contributed by atoms with Gasteiger partial charge in [-0.05, 0) is 18.8 Å². The topological polar surface area (TPSA) is 55.1 Å². The summed E-state index contributed by atoms with van der Waals surface area (Å²) >= 11 is 0. The van der Waals surface area contributed by atoms with Crippen LogP contribution in [0.4, 0.5) is 0 Å². The van der Waals surface area contributed by atoms with Crippen LogP contribution in [0.3, 0.4) is 0 Å². The fourth-order valence-electron chi connectivity index (χ4n) is 1.24. The molecule has 0 aliphatic heterocycles. The third kappa shape index (κ3) is 2.50. The third-order valence-corrected chi connectivity index (χ3v) is 1.91. The van der Waals surface area contributed by atoms with Gasteiger partial charge in [-0.1, -0.05) is 13.8 Å². The first-order valence-electron chi connectivity index (χ1n) is 4.16. The van der Waals surface area contributed by atoms with E-state index in [9.17, 15) is 4.79 Å². The number of carbonyl (C=O) groups is 1. The smallest absolute Gasteiger partial charge is 0.234 e. The fraction of sp³-hybridized carbons (Fsp3) is 0.875. The highest BCUT2D eigenvalue weighted by Gasteiger charge is 2.34. The van der Waals surface area contributed by atoms with Crippen LogP contribution in [0.25, 0.3) is 0 Å². The molecule has 0 radical (unpaired) electrons. The molecule has 3 N–H and O–H groups in total. The highest BCUT2D eigenvalue weighted by Crippen LogP contribution is 2.32. The van der Waals surface area contributed by atoms with E-state index in [1.807, 2.05) is 13.8 Å². The van der Waals surface area contributed by atoms with Crippen molar-refractivity contribution in [2.45, 2.75) is 38.8 Å². The molecule has 11 heavy (non-hydrogen) atoms. The quantitative estimate of drug-likeness (QED) is 0.613. The van der Waals surface area contributed by atoms with Crippen LogP contribution < -0.4 is 11.1 Å². The minimum Gasteiger partial charge on any atom is -0.368 e. The maximum Gasteiger partial charge on any atom is 0.234 e. The zero-order chi connectivity index (χ0) is 8.43. The molecule has 0 saturated heterocycles. The predicted octanol–water partition coefficient (Wildman–Crippen LogP) is 0.248. The Balaban J connectivity index is 2.38. The van der Waals surface area contributed by atoms with Gasteiger partial charge in [0.2, 0.25) is 5.91 Å². The number of hydrogen-bond acceptors (Lipinski definition) is 2. The standard InChI is InChI=1S/C8H16N2O/c1-5(2)10-7(8(9)11)6-3-4-6/h5-7,10H,3-4H2,1-2H3,(H2,9,11). The van der Waals surface area contributed by atoms with E-state index in [1.165, 1.54) is 0 Å². The van der Waals surface area contributed by atoms with Gasteiger partial charge in [-0.3, -0.25) is 4.79 Å². The largest absolute Gasteiger partial charge is 0.368 e. The maximum absolute atomic E-state index is 10.9. The summed E-state index contributed by atoms with van der Waals surface area (Å²) in [5.74, 6) is 0.302. The van der Waals surface area contributed by atoms with Crippen molar-refractivity contribution in [1.29, 1.82) is 0 Å². The molecule has 1 rings (SSSR count). The summed E-state index contributed by atoms with van der Waals surface area (Å²) in [5, 5.41) is 3.17. The minimum atomic E-state index is -0.207. The van der Waals surface area contributed by atoms with E-state index in [0.717, 1.165) is 12.8 Å². The van der Waals surface area contributed by atoms with Crippen LogP contribution in [-0.2, 0) is 4.79 Å². The molecular formula is C8H16N2O. The van der Waals surface area contributed by atoms with E-state index in [4.69, 9.17) is 5.73 Å². The molecule has 0 aromatic carbocycles. The van der Waals surface area contributed by atoms with Crippen molar-refractivity contribution in [1.82, 2.24) is 5.32 Å². The third-order valence-electron chi connectivity index (χ3n) is 1.91. The van der Waals surface area contributed by atoms with E-state index in [2.05, 4.69) is 5.32 Å². The lowest BCUT2D eigenvalue weighted by atomic mass is 10.1. The van der Waals surface area contributed by atoms with Crippen molar-refractivity contribution in [3.8, 4) is 0 Å². The number of hydrogen-bond donors (Lipinski definition) is 2. The van der Waals surface area contributed by atoms with Crippen molar-refractivity contribution in [2.75, 3.05) is 0 Å². The number of nitrogens with one attached hydrogen (secondary N) is 1. The van der Waals surface area contributed by atoms with E-state index in [0.29, 0.717) is 12.0 Å². The molecular weight excluding hydrogens is 140 g/mol. The lowest BCUT2D eigenvalue weighted by molar-refractivity contribution is -0.120. The van der Waals surface area contributed by atoms with Gasteiger partial charge in [0.05, 0.1) is 6.04 Å². The molecule has 1 aliphatic carbocycles. The summed E-state index contributed by atoms with van der Waals surface area (Å²) in [7, 11) is 0. The fourth-order valence-corrected chi connectivity index (χ4v) is 1.24. The summed E-state index contributed by atoms with van der Waals surface area (Å²) < 4.78 is 0. The molecule has 1 amide bonds. The zero-order valence-electron chi connectivity index (χ0n) is 7.13. The molecule has 1 fully saturated rings. The Labute approximate surface area is 67.3 Å². The van der Waals surface area contributed by atoms with Crippen LogP contribution in [0.1, 0.15) is 26.7 Å². The molecule has 0 spiro atoms. The molecule has 1 unspecified atom stereocenters. The van der Waals surface area contributed by atoms with Gasteiger partial charge < -0.3 is 11.1 Å². The Morgan fingerprint density at radius 2 is 2.09 bits per heavy atom. The van der Waals surface area contributed by atoms with Crippen molar-refractivity contribution < 1.29 is 4.79 Å². The lowest BCUT2D eigenvalue weighted by Crippen LogP contribution is -2.45. The Bertz CT molecular complexity index is 152. The van der Waals surface area contributed by atoms with Crippen molar-refractivity contribution in [2.24, 2.45) is 11.7 Å². The Morgan fingerprint density at radius 1 is 1.55 bits per heavy atom. The predicted molar refractivity (Wildman–Crippen MR) is 44.0 cm³/mol. The first kappa shape index (κ1) is 8.53. The van der Waals surface area contributed by atoms with Gasteiger partial charge in [0.1, 0.15) is 0 Å². The normalized spacial score (nSPS) is 20.3. The van der Waals surface area contributed by atoms with E-state index in [-0.39, 0.29) is 11.9 Å². The van der Waals surface area contributed by atoms with Gasteiger partial charge in [0.25, 0.3) is 0 Å². The van der Waals surface area contributed by atoms with Crippen LogP contribution in [0.2, 0.25) is 0 Å². The molecule has 3 nitrogen and oxygen atoms in total. The van der Waals surface area contributed by atoms with Crippen LogP contribution in [-0.4, -0.2) is 18.0 Å². The molecule has 1 saturated carbocycles. The number of amides is 1. The molecule has 1 aliphatic rings. The van der Waals surface area contributed by atoms with Gasteiger partial charge in [-0.15, -0.1) is 0 Å². The van der Waals surface area contributed by atoms with Gasteiger partial charge in [-0.25, -0.2) is 0 Å². The second-order valence-electron chi connectivity index (χ2n) is 3.54. The van der Waals surface area contributed by atoms with Crippen molar-refractivity contribution >= 4 is 5.91 Å². The maximum atomic E-state index is 10.9. The van der Waals surface area contributed by atoms with Gasteiger partial charge >= 0.3 is 0 Å². The second-order valence-corrected chi connectivity index (χ2v) is 3.54. The van der Waals surface area contributed by atoms with Crippen LogP contribution in [0.15, 0.2) is 0 Å². The first-order valence-corrected chi connectivity index (χ1v) is 4.16. The van der Waals surface area contributed by atoms with Gasteiger partial charge in [0.15, 0.2) is 0 Å². The molecule has 0 bridgehead atoms. The minimum absolute atomic E-state index is 0.0880. The zero-order valence-corrected chi connectivity index (χ0v) is 7.13. The summed E-state index contributed by atoms with van der Waals surface area (Å²) in [5.41, 5.74) is 5.22. The summed E-state index contributed by atoms with van der Waals surface area (Å²) in [6.07, 6.45) is 2.29. The van der Waals surface area contributed by atoms with Crippen LogP contribution >= 0.6 is 0 Å². The molecule has 64 valence electrons. The highest BCUT2D eigenvalue weighted by atomic mass is 16.1. The average molecular weight is 156 g/mol. The van der Waals surface area contributed by atoms with Crippen molar-refractivity contribution in [3.63, 3.8) is 0 Å². The number of carbonyl (C=O) groups excluding carboxylic acids is 1. The Morgan fingerprint density at radius 3 is 2.36 bits per heavy atom. The van der Waals surface area contributed by atoms with Crippen LogP contribution in [0, 0.1) is 5.92 Å². The monoisotopic (exact) mass is 156 g/mol. The number of primary amides is 1. The Kier molecular flexibility index (Phi) is 2.49. The average Bonchev–Trinajstić information content (AvgIpc) is 2.63. The van der Waals surface area contributed by atoms with Gasteiger partial charge in [-0.2, -0.15) is 0 Å². The van der Waals surface area contributed by atoms with Gasteiger partial charge in [0, 0.05) is 6.04 Å². The molecule has 1 atom stereocenters. The molecule has 3 heteroatoms. The second kappa shape index (κ2) is 3.22. The SMILES string of the molecule is CC(C)NC(C(N)=O)C1CC1. The summed E-state index contributed by atoms with van der Waals surface area (Å²) in [6.45, 7) is 4.05. The van der Waals surface area contributed by atoms with E-state index >= 15 is 0 Å². The lowest BCUT2D eigenvalue weighted by Gasteiger charge is -2.16. The first-order chi connectivity index (χ1) is 5.11. The van der Waals surface area contributed by atoms with E-state index < -0.39 is 0 Å². The molecule has 0 aromatic heterocycles. The molecule has 0 heterocycles. The Hall–Kier alpha value is -0.570. The number of nitrogens with two attached hydrogens (primary N) is 1.